The second-order valence-electron chi connectivity index (χ2n) is 6.51. The number of thiophene rings is 1. The molecule has 0 amide bonds. The van der Waals surface area contributed by atoms with Crippen molar-refractivity contribution in [3.05, 3.63) is 46.6 Å². The van der Waals surface area contributed by atoms with E-state index in [2.05, 4.69) is 78.5 Å². The largest absolute Gasteiger partial charge is 0.378 e. The predicted molar refractivity (Wildman–Crippen MR) is 109 cm³/mol. The summed E-state index contributed by atoms with van der Waals surface area (Å²) in [5.41, 5.74) is 2.62. The number of anilines is 2. The van der Waals surface area contributed by atoms with Crippen LogP contribution in [-0.4, -0.2) is 30.6 Å². The second kappa shape index (κ2) is 7.83. The quantitative estimate of drug-likeness (QED) is 0.626. The summed E-state index contributed by atoms with van der Waals surface area (Å²) >= 11 is 1.74. The summed E-state index contributed by atoms with van der Waals surface area (Å²) in [4.78, 5) is 13.8. The summed E-state index contributed by atoms with van der Waals surface area (Å²) in [6.07, 6.45) is 3.01. The van der Waals surface area contributed by atoms with E-state index in [1.54, 1.807) is 11.3 Å². The van der Waals surface area contributed by atoms with Crippen LogP contribution in [0.4, 0.5) is 11.5 Å². The van der Waals surface area contributed by atoms with Gasteiger partial charge in [0, 0.05) is 37.6 Å². The van der Waals surface area contributed by atoms with Gasteiger partial charge in [0.15, 0.2) is 0 Å². The van der Waals surface area contributed by atoms with Crippen molar-refractivity contribution in [1.82, 2.24) is 9.97 Å². The third kappa shape index (κ3) is 4.28. The zero-order chi connectivity index (χ0) is 17.8. The van der Waals surface area contributed by atoms with Gasteiger partial charge in [0.1, 0.15) is 16.5 Å². The van der Waals surface area contributed by atoms with Gasteiger partial charge in [-0.25, -0.2) is 9.97 Å². The summed E-state index contributed by atoms with van der Waals surface area (Å²) in [7, 11) is 4.14. The minimum atomic E-state index is 0.861. The summed E-state index contributed by atoms with van der Waals surface area (Å²) in [5.74, 6) is 1.89. The molecule has 3 aromatic rings. The maximum Gasteiger partial charge on any atom is 0.138 e. The number of fused-ring (bicyclic) bond motifs is 1. The highest BCUT2D eigenvalue weighted by molar-refractivity contribution is 7.18. The smallest absolute Gasteiger partial charge is 0.138 e. The monoisotopic (exact) mass is 354 g/mol. The first kappa shape index (κ1) is 17.7. The van der Waals surface area contributed by atoms with Gasteiger partial charge >= 0.3 is 0 Å². The number of benzene rings is 1. The van der Waals surface area contributed by atoms with Gasteiger partial charge in [0.2, 0.25) is 0 Å². The summed E-state index contributed by atoms with van der Waals surface area (Å²) in [6.45, 7) is 5.14. The Labute approximate surface area is 153 Å². The van der Waals surface area contributed by atoms with Crippen LogP contribution in [0.2, 0.25) is 0 Å². The molecule has 0 bridgehead atoms. The van der Waals surface area contributed by atoms with Crippen LogP contribution in [-0.2, 0) is 12.8 Å². The molecule has 0 spiro atoms. The number of aromatic nitrogens is 2. The molecule has 0 aliphatic heterocycles. The lowest BCUT2D eigenvalue weighted by molar-refractivity contribution is 0.855. The molecule has 2 aromatic heterocycles. The molecule has 2 heterocycles. The van der Waals surface area contributed by atoms with Gasteiger partial charge in [-0.3, -0.25) is 0 Å². The molecule has 0 saturated heterocycles. The Morgan fingerprint density at radius 3 is 2.56 bits per heavy atom. The van der Waals surface area contributed by atoms with Crippen LogP contribution >= 0.6 is 11.3 Å². The molecule has 132 valence electrons. The van der Waals surface area contributed by atoms with Gasteiger partial charge in [-0.1, -0.05) is 19.1 Å². The number of hydrogen-bond donors (Lipinski definition) is 1. The second-order valence-corrected chi connectivity index (χ2v) is 7.74. The molecule has 1 N–H and O–H groups in total. The van der Waals surface area contributed by atoms with Crippen molar-refractivity contribution in [2.45, 2.75) is 33.1 Å². The highest BCUT2D eigenvalue weighted by atomic mass is 32.1. The number of hydrogen-bond acceptors (Lipinski definition) is 5. The van der Waals surface area contributed by atoms with E-state index in [0.717, 1.165) is 47.7 Å². The maximum atomic E-state index is 4.69. The van der Waals surface area contributed by atoms with Crippen LogP contribution in [0.25, 0.3) is 10.2 Å². The topological polar surface area (TPSA) is 41.1 Å². The van der Waals surface area contributed by atoms with Gasteiger partial charge in [-0.05, 0) is 43.5 Å². The molecule has 5 heteroatoms. The molecule has 0 aliphatic rings. The summed E-state index contributed by atoms with van der Waals surface area (Å²) in [5, 5.41) is 4.67. The predicted octanol–water partition coefficient (Wildman–Crippen LogP) is 4.67. The van der Waals surface area contributed by atoms with Crippen LogP contribution in [0.5, 0.6) is 0 Å². The molecule has 3 rings (SSSR count). The van der Waals surface area contributed by atoms with Crippen LogP contribution in [0.15, 0.2) is 30.3 Å². The van der Waals surface area contributed by atoms with Crippen LogP contribution < -0.4 is 10.2 Å². The Morgan fingerprint density at radius 1 is 1.12 bits per heavy atom. The molecule has 0 saturated carbocycles. The van der Waals surface area contributed by atoms with Crippen molar-refractivity contribution in [3.63, 3.8) is 0 Å². The third-order valence-corrected chi connectivity index (χ3v) is 5.21. The van der Waals surface area contributed by atoms with Gasteiger partial charge in [-0.15, -0.1) is 11.3 Å². The van der Waals surface area contributed by atoms with Crippen molar-refractivity contribution in [2.24, 2.45) is 0 Å². The molecule has 0 atom stereocenters. The van der Waals surface area contributed by atoms with E-state index in [-0.39, 0.29) is 0 Å². The highest BCUT2D eigenvalue weighted by Gasteiger charge is 2.09. The maximum absolute atomic E-state index is 4.69. The number of aryl methyl sites for hydroxylation is 3. The van der Waals surface area contributed by atoms with Crippen molar-refractivity contribution >= 4 is 33.1 Å². The first-order valence-electron chi connectivity index (χ1n) is 8.84. The first-order valence-corrected chi connectivity index (χ1v) is 9.65. The fourth-order valence-electron chi connectivity index (χ4n) is 2.84. The van der Waals surface area contributed by atoms with Gasteiger partial charge in [0.25, 0.3) is 0 Å². The molecular weight excluding hydrogens is 328 g/mol. The van der Waals surface area contributed by atoms with E-state index in [9.17, 15) is 0 Å². The highest BCUT2D eigenvalue weighted by Crippen LogP contribution is 2.28. The summed E-state index contributed by atoms with van der Waals surface area (Å²) in [6, 6.07) is 11.0. The zero-order valence-electron chi connectivity index (χ0n) is 15.5. The van der Waals surface area contributed by atoms with E-state index in [1.165, 1.54) is 16.1 Å². The Morgan fingerprint density at radius 2 is 1.88 bits per heavy atom. The average Bonchev–Trinajstić information content (AvgIpc) is 2.99. The van der Waals surface area contributed by atoms with Gasteiger partial charge in [-0.2, -0.15) is 0 Å². The van der Waals surface area contributed by atoms with Crippen LogP contribution in [0.1, 0.15) is 29.6 Å². The molecule has 0 aliphatic carbocycles. The molecular formula is C20H26N4S. The van der Waals surface area contributed by atoms with Crippen molar-refractivity contribution in [1.29, 1.82) is 0 Å². The lowest BCUT2D eigenvalue weighted by Gasteiger charge is -2.13. The molecule has 0 unspecified atom stereocenters. The zero-order valence-corrected chi connectivity index (χ0v) is 16.3. The van der Waals surface area contributed by atoms with Gasteiger partial charge < -0.3 is 10.2 Å². The number of rotatable bonds is 7. The van der Waals surface area contributed by atoms with E-state index in [4.69, 9.17) is 0 Å². The van der Waals surface area contributed by atoms with E-state index in [1.807, 2.05) is 0 Å². The standard InChI is InChI=1S/C20H26N4S/c1-5-18-22-19(17-13-14(2)25-20(17)23-18)21-12-6-7-15-8-10-16(11-9-15)24(3)4/h8-11,13H,5-7,12H2,1-4H3,(H,21,22,23). The van der Waals surface area contributed by atoms with E-state index >= 15 is 0 Å². The minimum Gasteiger partial charge on any atom is -0.378 e. The fraction of sp³-hybridized carbons (Fsp3) is 0.400. The van der Waals surface area contributed by atoms with Crippen LogP contribution in [0, 0.1) is 6.92 Å². The van der Waals surface area contributed by atoms with Crippen molar-refractivity contribution in [2.75, 3.05) is 30.9 Å². The first-order chi connectivity index (χ1) is 12.1. The Balaban J connectivity index is 1.61. The molecule has 1 aromatic carbocycles. The number of nitrogens with zero attached hydrogens (tertiary/aromatic N) is 3. The Bertz CT molecular complexity index is 837. The van der Waals surface area contributed by atoms with Crippen molar-refractivity contribution < 1.29 is 0 Å². The van der Waals surface area contributed by atoms with Crippen LogP contribution in [0.3, 0.4) is 0 Å². The average molecular weight is 355 g/mol. The molecule has 0 fully saturated rings. The Hall–Kier alpha value is -2.14. The molecule has 0 radical (unpaired) electrons. The Kier molecular flexibility index (Phi) is 5.53. The van der Waals surface area contributed by atoms with Gasteiger partial charge in [0.05, 0.1) is 5.39 Å². The lowest BCUT2D eigenvalue weighted by atomic mass is 10.1. The van der Waals surface area contributed by atoms with Crippen molar-refractivity contribution in [3.8, 4) is 0 Å². The SMILES string of the molecule is CCc1nc(NCCCc2ccc(N(C)C)cc2)c2cc(C)sc2n1. The van der Waals surface area contributed by atoms with E-state index < -0.39 is 0 Å². The number of nitrogens with one attached hydrogen (secondary N) is 1. The lowest BCUT2D eigenvalue weighted by Crippen LogP contribution is -2.08. The fourth-order valence-corrected chi connectivity index (χ4v) is 3.74. The molecule has 25 heavy (non-hydrogen) atoms. The minimum absolute atomic E-state index is 0.861. The van der Waals surface area contributed by atoms with E-state index in [0.29, 0.717) is 0 Å². The third-order valence-electron chi connectivity index (χ3n) is 4.27. The molecule has 4 nitrogen and oxygen atoms in total. The normalized spacial score (nSPS) is 11.0. The summed E-state index contributed by atoms with van der Waals surface area (Å²) < 4.78 is 0.